The van der Waals surface area contributed by atoms with Gasteiger partial charge in [-0.1, -0.05) is 29.5 Å². The minimum atomic E-state index is -0.323. The summed E-state index contributed by atoms with van der Waals surface area (Å²) < 4.78 is 0. The van der Waals surface area contributed by atoms with Crippen molar-refractivity contribution in [1.29, 1.82) is 0 Å². The summed E-state index contributed by atoms with van der Waals surface area (Å²) in [5.41, 5.74) is 5.09. The molecule has 0 aliphatic carbocycles. The van der Waals surface area contributed by atoms with Crippen molar-refractivity contribution in [2.45, 2.75) is 38.1 Å². The van der Waals surface area contributed by atoms with Crippen LogP contribution in [-0.2, 0) is 4.79 Å². The number of aromatic nitrogens is 4. The van der Waals surface area contributed by atoms with Gasteiger partial charge in [0.15, 0.2) is 5.82 Å². The Balaban J connectivity index is 1.68. The van der Waals surface area contributed by atoms with E-state index >= 15 is 0 Å². The molecule has 0 aliphatic heterocycles. The summed E-state index contributed by atoms with van der Waals surface area (Å²) in [6.45, 7) is 7.91. The quantitative estimate of drug-likeness (QED) is 0.668. The molecule has 6 nitrogen and oxygen atoms in total. The Hall–Kier alpha value is -2.67. The van der Waals surface area contributed by atoms with Crippen LogP contribution in [-0.4, -0.2) is 31.3 Å². The normalized spacial score (nSPS) is 12.0. The number of H-pyrrole nitrogens is 1. The number of hydrogen-bond acceptors (Lipinski definition) is 5. The molecule has 26 heavy (non-hydrogen) atoms. The van der Waals surface area contributed by atoms with Crippen molar-refractivity contribution >= 4 is 23.4 Å². The summed E-state index contributed by atoms with van der Waals surface area (Å²) in [6, 6.07) is 7.84. The van der Waals surface area contributed by atoms with Crippen LogP contribution in [0.2, 0.25) is 0 Å². The number of rotatable bonds is 5. The molecule has 0 aliphatic rings. The maximum atomic E-state index is 12.6. The van der Waals surface area contributed by atoms with Crippen molar-refractivity contribution in [1.82, 2.24) is 20.2 Å². The summed E-state index contributed by atoms with van der Waals surface area (Å²) >= 11 is 1.32. The number of hydrogen-bond donors (Lipinski definition) is 2. The van der Waals surface area contributed by atoms with E-state index in [9.17, 15) is 4.79 Å². The maximum Gasteiger partial charge on any atom is 0.237 e. The number of amides is 1. The van der Waals surface area contributed by atoms with Crippen LogP contribution in [0.4, 0.5) is 5.69 Å². The molecule has 1 amide bonds. The number of aryl methyl sites for hydroxylation is 3. The first-order valence-corrected chi connectivity index (χ1v) is 9.20. The largest absolute Gasteiger partial charge is 0.325 e. The number of benzene rings is 1. The average Bonchev–Trinajstić information content (AvgIpc) is 3.07. The predicted octanol–water partition coefficient (Wildman–Crippen LogP) is 3.91. The van der Waals surface area contributed by atoms with Crippen LogP contribution >= 0.6 is 11.8 Å². The van der Waals surface area contributed by atoms with E-state index in [2.05, 4.69) is 37.6 Å². The second kappa shape index (κ2) is 7.70. The number of thioether (sulfide) groups is 1. The highest BCUT2D eigenvalue weighted by atomic mass is 32.2. The van der Waals surface area contributed by atoms with Gasteiger partial charge in [0, 0.05) is 23.6 Å². The van der Waals surface area contributed by atoms with Gasteiger partial charge in [0.25, 0.3) is 0 Å². The van der Waals surface area contributed by atoms with Crippen molar-refractivity contribution in [3.8, 4) is 11.4 Å². The van der Waals surface area contributed by atoms with Gasteiger partial charge in [-0.05, 0) is 51.0 Å². The Labute approximate surface area is 156 Å². The molecule has 2 heterocycles. The standard InChI is InChI=1S/C19H21N5OS/c1-11-9-12(2)16(13(3)10-11)21-18(25)14(4)26-19-22-17(23-24-19)15-5-7-20-8-6-15/h5-10,14H,1-4H3,(H,21,25)(H,22,23,24)/t14-/m0/s1. The van der Waals surface area contributed by atoms with Crippen LogP contribution in [0, 0.1) is 20.8 Å². The minimum Gasteiger partial charge on any atom is -0.325 e. The lowest BCUT2D eigenvalue weighted by Crippen LogP contribution is -2.23. The number of anilines is 1. The number of pyridine rings is 1. The molecule has 0 unspecified atom stereocenters. The summed E-state index contributed by atoms with van der Waals surface area (Å²) in [7, 11) is 0. The highest BCUT2D eigenvalue weighted by Gasteiger charge is 2.19. The lowest BCUT2D eigenvalue weighted by molar-refractivity contribution is -0.115. The van der Waals surface area contributed by atoms with Gasteiger partial charge in [-0.2, -0.15) is 0 Å². The Kier molecular flexibility index (Phi) is 5.37. The number of aromatic amines is 1. The second-order valence-corrected chi connectivity index (χ2v) is 7.53. The Morgan fingerprint density at radius 1 is 1.15 bits per heavy atom. The zero-order valence-electron chi connectivity index (χ0n) is 15.2. The van der Waals surface area contributed by atoms with E-state index in [0.717, 1.165) is 22.4 Å². The molecule has 0 radical (unpaired) electrons. The van der Waals surface area contributed by atoms with Gasteiger partial charge in [-0.3, -0.25) is 14.9 Å². The minimum absolute atomic E-state index is 0.0692. The van der Waals surface area contributed by atoms with Gasteiger partial charge < -0.3 is 5.32 Å². The SMILES string of the molecule is Cc1cc(C)c(NC(=O)[C@H](C)Sc2n[nH]c(-c3ccncc3)n2)c(C)c1. The van der Waals surface area contributed by atoms with Crippen molar-refractivity contribution in [3.63, 3.8) is 0 Å². The average molecular weight is 367 g/mol. The Bertz CT molecular complexity index is 900. The fraction of sp³-hybridized carbons (Fsp3) is 0.263. The van der Waals surface area contributed by atoms with Gasteiger partial charge in [0.2, 0.25) is 11.1 Å². The zero-order valence-corrected chi connectivity index (χ0v) is 16.0. The van der Waals surface area contributed by atoms with Gasteiger partial charge in [-0.15, -0.1) is 5.10 Å². The molecule has 3 rings (SSSR count). The Morgan fingerprint density at radius 2 is 1.81 bits per heavy atom. The van der Waals surface area contributed by atoms with Crippen LogP contribution in [0.5, 0.6) is 0 Å². The van der Waals surface area contributed by atoms with Crippen molar-refractivity contribution in [3.05, 3.63) is 53.3 Å². The van der Waals surface area contributed by atoms with Crippen LogP contribution in [0.25, 0.3) is 11.4 Å². The highest BCUT2D eigenvalue weighted by Crippen LogP contribution is 2.26. The lowest BCUT2D eigenvalue weighted by Gasteiger charge is -2.15. The number of nitrogens with zero attached hydrogens (tertiary/aromatic N) is 3. The fourth-order valence-electron chi connectivity index (χ4n) is 2.75. The molecular formula is C19H21N5OS. The first-order valence-electron chi connectivity index (χ1n) is 8.32. The summed E-state index contributed by atoms with van der Waals surface area (Å²) in [5.74, 6) is 0.591. The van der Waals surface area contributed by atoms with E-state index < -0.39 is 0 Å². The summed E-state index contributed by atoms with van der Waals surface area (Å²) in [6.07, 6.45) is 3.40. The molecule has 0 saturated heterocycles. The molecular weight excluding hydrogens is 346 g/mol. The van der Waals surface area contributed by atoms with Gasteiger partial charge in [-0.25, -0.2) is 4.98 Å². The van der Waals surface area contributed by atoms with Gasteiger partial charge in [0.05, 0.1) is 5.25 Å². The number of carbonyl (C=O) groups is 1. The van der Waals surface area contributed by atoms with Crippen LogP contribution in [0.15, 0.2) is 41.8 Å². The smallest absolute Gasteiger partial charge is 0.237 e. The molecule has 2 N–H and O–H groups in total. The second-order valence-electron chi connectivity index (χ2n) is 6.23. The molecule has 7 heteroatoms. The van der Waals surface area contributed by atoms with Crippen LogP contribution in [0.1, 0.15) is 23.6 Å². The van der Waals surface area contributed by atoms with Crippen molar-refractivity contribution < 1.29 is 4.79 Å². The summed E-state index contributed by atoms with van der Waals surface area (Å²) in [4.78, 5) is 21.0. The van der Waals surface area contributed by atoms with E-state index in [1.807, 2.05) is 39.8 Å². The predicted molar refractivity (Wildman–Crippen MR) is 104 cm³/mol. The van der Waals surface area contributed by atoms with Gasteiger partial charge in [0.1, 0.15) is 0 Å². The first kappa shape index (κ1) is 18.1. The van der Waals surface area contributed by atoms with E-state index in [0.29, 0.717) is 11.0 Å². The van der Waals surface area contributed by atoms with Crippen LogP contribution in [0.3, 0.4) is 0 Å². The molecule has 1 aromatic carbocycles. The molecule has 0 bridgehead atoms. The van der Waals surface area contributed by atoms with E-state index in [-0.39, 0.29) is 11.2 Å². The third kappa shape index (κ3) is 4.11. The van der Waals surface area contributed by atoms with Crippen LogP contribution < -0.4 is 5.32 Å². The maximum absolute atomic E-state index is 12.6. The van der Waals surface area contributed by atoms with Crippen molar-refractivity contribution in [2.24, 2.45) is 0 Å². The third-order valence-corrected chi connectivity index (χ3v) is 4.96. The molecule has 2 aromatic heterocycles. The Morgan fingerprint density at radius 3 is 2.46 bits per heavy atom. The molecule has 0 spiro atoms. The summed E-state index contributed by atoms with van der Waals surface area (Å²) in [5, 5.41) is 10.3. The number of carbonyl (C=O) groups excluding carboxylic acids is 1. The highest BCUT2D eigenvalue weighted by molar-refractivity contribution is 8.00. The topological polar surface area (TPSA) is 83.6 Å². The third-order valence-electron chi connectivity index (χ3n) is 4.00. The number of nitrogens with one attached hydrogen (secondary N) is 2. The fourth-order valence-corrected chi connectivity index (χ4v) is 3.48. The molecule has 134 valence electrons. The van der Waals surface area contributed by atoms with E-state index in [1.54, 1.807) is 12.4 Å². The molecule has 3 aromatic rings. The lowest BCUT2D eigenvalue weighted by atomic mass is 10.1. The molecule has 0 fully saturated rings. The monoisotopic (exact) mass is 367 g/mol. The first-order chi connectivity index (χ1) is 12.4. The molecule has 1 atom stereocenters. The molecule has 0 saturated carbocycles. The van der Waals surface area contributed by atoms with E-state index in [1.165, 1.54) is 17.3 Å². The van der Waals surface area contributed by atoms with Gasteiger partial charge >= 0.3 is 0 Å². The van der Waals surface area contributed by atoms with E-state index in [4.69, 9.17) is 0 Å². The van der Waals surface area contributed by atoms with Crippen molar-refractivity contribution in [2.75, 3.05) is 5.32 Å². The zero-order chi connectivity index (χ0) is 18.7.